The standard InChI is InChI=1S/C15H15ClN2O2S/c1-17-15-5-3-11(16)12(18-15)9-21-10-2-4-13-14(8-10)20-7-6-19-13/h2-5,8H,6-7,9H2,1H3,(H,17,18). The van der Waals surface area contributed by atoms with Gasteiger partial charge in [-0.05, 0) is 30.3 Å². The Balaban J connectivity index is 1.73. The summed E-state index contributed by atoms with van der Waals surface area (Å²) in [5, 5.41) is 3.70. The molecule has 3 rings (SSSR count). The molecule has 2 aromatic rings. The Kier molecular flexibility index (Phi) is 4.41. The molecule has 0 spiro atoms. The van der Waals surface area contributed by atoms with Gasteiger partial charge in [0.1, 0.15) is 19.0 Å². The lowest BCUT2D eigenvalue weighted by Gasteiger charge is -2.18. The molecule has 0 fully saturated rings. The van der Waals surface area contributed by atoms with Crippen molar-refractivity contribution in [1.82, 2.24) is 4.98 Å². The van der Waals surface area contributed by atoms with Crippen molar-refractivity contribution in [3.63, 3.8) is 0 Å². The highest BCUT2D eigenvalue weighted by Gasteiger charge is 2.12. The second-order valence-corrected chi connectivity index (χ2v) is 5.93. The van der Waals surface area contributed by atoms with Gasteiger partial charge in [-0.15, -0.1) is 11.8 Å². The fourth-order valence-electron chi connectivity index (χ4n) is 1.99. The van der Waals surface area contributed by atoms with Crippen LogP contribution in [0.4, 0.5) is 5.82 Å². The predicted molar refractivity (Wildman–Crippen MR) is 85.8 cm³/mol. The first kappa shape index (κ1) is 14.4. The van der Waals surface area contributed by atoms with Crippen molar-refractivity contribution in [1.29, 1.82) is 0 Å². The highest BCUT2D eigenvalue weighted by Crippen LogP contribution is 2.35. The number of hydrogen-bond acceptors (Lipinski definition) is 5. The minimum atomic E-state index is 0.596. The molecule has 1 aliphatic heterocycles. The lowest BCUT2D eigenvalue weighted by Crippen LogP contribution is -2.15. The number of nitrogens with zero attached hydrogens (tertiary/aromatic N) is 1. The quantitative estimate of drug-likeness (QED) is 0.866. The van der Waals surface area contributed by atoms with Crippen molar-refractivity contribution in [3.05, 3.63) is 41.0 Å². The minimum Gasteiger partial charge on any atom is -0.486 e. The van der Waals surface area contributed by atoms with E-state index in [0.29, 0.717) is 24.0 Å². The van der Waals surface area contributed by atoms with Crippen LogP contribution >= 0.6 is 23.4 Å². The Morgan fingerprint density at radius 1 is 1.19 bits per heavy atom. The second kappa shape index (κ2) is 6.45. The molecule has 1 N–H and O–H groups in total. The molecule has 0 amide bonds. The van der Waals surface area contributed by atoms with Gasteiger partial charge < -0.3 is 14.8 Å². The van der Waals surface area contributed by atoms with Crippen molar-refractivity contribution in [2.75, 3.05) is 25.6 Å². The molecule has 0 saturated carbocycles. The average Bonchev–Trinajstić information content (AvgIpc) is 2.54. The number of rotatable bonds is 4. The molecular weight excluding hydrogens is 308 g/mol. The molecule has 0 unspecified atom stereocenters. The van der Waals surface area contributed by atoms with Crippen molar-refractivity contribution in [3.8, 4) is 11.5 Å². The van der Waals surface area contributed by atoms with Crippen LogP contribution < -0.4 is 14.8 Å². The fourth-order valence-corrected chi connectivity index (χ4v) is 3.12. The van der Waals surface area contributed by atoms with Gasteiger partial charge in [-0.25, -0.2) is 4.98 Å². The normalized spacial score (nSPS) is 13.0. The molecule has 21 heavy (non-hydrogen) atoms. The van der Waals surface area contributed by atoms with E-state index in [1.807, 2.05) is 37.4 Å². The van der Waals surface area contributed by atoms with Crippen molar-refractivity contribution in [2.24, 2.45) is 0 Å². The van der Waals surface area contributed by atoms with Crippen molar-refractivity contribution in [2.45, 2.75) is 10.6 Å². The minimum absolute atomic E-state index is 0.596. The van der Waals surface area contributed by atoms with Gasteiger partial charge in [-0.3, -0.25) is 0 Å². The summed E-state index contributed by atoms with van der Waals surface area (Å²) >= 11 is 7.86. The first-order valence-corrected chi connectivity index (χ1v) is 7.98. The fraction of sp³-hybridized carbons (Fsp3) is 0.267. The Hall–Kier alpha value is -1.59. The Labute approximate surface area is 132 Å². The summed E-state index contributed by atoms with van der Waals surface area (Å²) in [4.78, 5) is 5.58. The second-order valence-electron chi connectivity index (χ2n) is 4.47. The van der Waals surface area contributed by atoms with Crippen LogP contribution in [-0.4, -0.2) is 25.2 Å². The molecule has 1 aliphatic rings. The van der Waals surface area contributed by atoms with Crippen LogP contribution in [0.2, 0.25) is 5.02 Å². The third kappa shape index (κ3) is 3.36. The summed E-state index contributed by atoms with van der Waals surface area (Å²) in [7, 11) is 1.84. The smallest absolute Gasteiger partial charge is 0.162 e. The van der Waals surface area contributed by atoms with Crippen LogP contribution in [0, 0.1) is 0 Å². The number of anilines is 1. The number of hydrogen-bond donors (Lipinski definition) is 1. The zero-order chi connectivity index (χ0) is 14.7. The average molecular weight is 323 g/mol. The molecule has 1 aromatic carbocycles. The number of pyridine rings is 1. The molecule has 110 valence electrons. The van der Waals surface area contributed by atoms with E-state index in [4.69, 9.17) is 21.1 Å². The largest absolute Gasteiger partial charge is 0.486 e. The molecule has 0 atom stereocenters. The van der Waals surface area contributed by atoms with E-state index in [2.05, 4.69) is 10.3 Å². The van der Waals surface area contributed by atoms with Gasteiger partial charge in [-0.1, -0.05) is 11.6 Å². The van der Waals surface area contributed by atoms with Crippen LogP contribution in [0.1, 0.15) is 5.69 Å². The molecule has 6 heteroatoms. The van der Waals surface area contributed by atoms with E-state index in [0.717, 1.165) is 27.9 Å². The Bertz CT molecular complexity index is 652. The van der Waals surface area contributed by atoms with E-state index in [1.165, 1.54) is 0 Å². The summed E-state index contributed by atoms with van der Waals surface area (Å²) in [5.41, 5.74) is 0.864. The number of thioether (sulfide) groups is 1. The maximum Gasteiger partial charge on any atom is 0.162 e. The lowest BCUT2D eigenvalue weighted by molar-refractivity contribution is 0.171. The number of benzene rings is 1. The van der Waals surface area contributed by atoms with Crippen LogP contribution in [0.25, 0.3) is 0 Å². The van der Waals surface area contributed by atoms with Gasteiger partial charge in [-0.2, -0.15) is 0 Å². The highest BCUT2D eigenvalue weighted by atomic mass is 35.5. The summed E-state index contributed by atoms with van der Waals surface area (Å²) < 4.78 is 11.1. The lowest BCUT2D eigenvalue weighted by atomic mass is 10.3. The SMILES string of the molecule is CNc1ccc(Cl)c(CSc2ccc3c(c2)OCCO3)n1. The number of ether oxygens (including phenoxy) is 2. The summed E-state index contributed by atoms with van der Waals surface area (Å²) in [6.45, 7) is 1.20. The van der Waals surface area contributed by atoms with Gasteiger partial charge in [0.2, 0.25) is 0 Å². The number of halogens is 1. The summed E-state index contributed by atoms with van der Waals surface area (Å²) in [6, 6.07) is 9.68. The zero-order valence-electron chi connectivity index (χ0n) is 11.6. The molecule has 4 nitrogen and oxygen atoms in total. The number of fused-ring (bicyclic) bond motifs is 1. The Morgan fingerprint density at radius 3 is 2.81 bits per heavy atom. The first-order chi connectivity index (χ1) is 10.3. The third-order valence-corrected chi connectivity index (χ3v) is 4.41. The van der Waals surface area contributed by atoms with E-state index in [1.54, 1.807) is 11.8 Å². The van der Waals surface area contributed by atoms with Crippen molar-refractivity contribution < 1.29 is 9.47 Å². The van der Waals surface area contributed by atoms with Crippen molar-refractivity contribution >= 4 is 29.2 Å². The topological polar surface area (TPSA) is 43.4 Å². The van der Waals surface area contributed by atoms with Crippen LogP contribution in [0.5, 0.6) is 11.5 Å². The molecular formula is C15H15ClN2O2S. The molecule has 0 aliphatic carbocycles. The van der Waals surface area contributed by atoms with E-state index in [-0.39, 0.29) is 0 Å². The molecule has 0 saturated heterocycles. The predicted octanol–water partition coefficient (Wildman–Crippen LogP) is 3.84. The maximum absolute atomic E-state index is 6.19. The number of nitrogens with one attached hydrogen (secondary N) is 1. The molecule has 2 heterocycles. The maximum atomic E-state index is 6.19. The van der Waals surface area contributed by atoms with Gasteiger partial charge in [0.25, 0.3) is 0 Å². The first-order valence-electron chi connectivity index (χ1n) is 6.62. The third-order valence-electron chi connectivity index (χ3n) is 3.06. The zero-order valence-corrected chi connectivity index (χ0v) is 13.1. The number of aromatic nitrogens is 1. The molecule has 0 bridgehead atoms. The van der Waals surface area contributed by atoms with E-state index < -0.39 is 0 Å². The summed E-state index contributed by atoms with van der Waals surface area (Å²) in [5.74, 6) is 3.12. The van der Waals surface area contributed by atoms with Crippen LogP contribution in [0.3, 0.4) is 0 Å². The van der Waals surface area contributed by atoms with E-state index >= 15 is 0 Å². The molecule has 0 radical (unpaired) electrons. The van der Waals surface area contributed by atoms with Gasteiger partial charge in [0.15, 0.2) is 11.5 Å². The Morgan fingerprint density at radius 2 is 2.00 bits per heavy atom. The van der Waals surface area contributed by atoms with E-state index in [9.17, 15) is 0 Å². The van der Waals surface area contributed by atoms with Crippen LogP contribution in [-0.2, 0) is 5.75 Å². The van der Waals surface area contributed by atoms with Crippen LogP contribution in [0.15, 0.2) is 35.2 Å². The van der Waals surface area contributed by atoms with Gasteiger partial charge >= 0.3 is 0 Å². The highest BCUT2D eigenvalue weighted by molar-refractivity contribution is 7.98. The molecule has 1 aromatic heterocycles. The monoisotopic (exact) mass is 322 g/mol. The summed E-state index contributed by atoms with van der Waals surface area (Å²) in [6.07, 6.45) is 0. The van der Waals surface area contributed by atoms with Gasteiger partial charge in [0, 0.05) is 17.7 Å². The van der Waals surface area contributed by atoms with Gasteiger partial charge in [0.05, 0.1) is 10.7 Å².